The lowest BCUT2D eigenvalue weighted by molar-refractivity contribution is -0.117. The Bertz CT molecular complexity index is 1120. The number of nitrogens with one attached hydrogen (secondary N) is 3. The minimum absolute atomic E-state index is 0.0239. The molecule has 0 fully saturated rings. The van der Waals surface area contributed by atoms with Crippen LogP contribution in [0.15, 0.2) is 72.8 Å². The number of hydrogen-bond acceptors (Lipinski definition) is 4. The van der Waals surface area contributed by atoms with Crippen molar-refractivity contribution in [2.45, 2.75) is 39.0 Å². The van der Waals surface area contributed by atoms with Gasteiger partial charge in [0.2, 0.25) is 5.91 Å². The van der Waals surface area contributed by atoms with E-state index in [1.165, 1.54) is 7.05 Å². The zero-order chi connectivity index (χ0) is 25.2. The number of halogens is 1. The van der Waals surface area contributed by atoms with E-state index in [1.807, 2.05) is 68.4 Å². The zero-order valence-corrected chi connectivity index (χ0v) is 20.8. The highest BCUT2D eigenvalue weighted by molar-refractivity contribution is 6.32. The van der Waals surface area contributed by atoms with Gasteiger partial charge in [-0.05, 0) is 55.3 Å². The second-order valence-corrected chi connectivity index (χ2v) is 8.61. The second-order valence-electron chi connectivity index (χ2n) is 8.20. The van der Waals surface area contributed by atoms with Crippen LogP contribution in [0.5, 0.6) is 11.5 Å². The van der Waals surface area contributed by atoms with Gasteiger partial charge in [0.05, 0.1) is 11.1 Å². The number of benzene rings is 3. The summed E-state index contributed by atoms with van der Waals surface area (Å²) in [5.74, 6) is 0.886. The highest BCUT2D eigenvalue weighted by Crippen LogP contribution is 2.28. The molecule has 7 nitrogen and oxygen atoms in total. The highest BCUT2D eigenvalue weighted by Gasteiger charge is 2.21. The number of ether oxygens (including phenoxy) is 2. The van der Waals surface area contributed by atoms with Gasteiger partial charge in [-0.3, -0.25) is 4.79 Å². The SMILES string of the molecule is CNC(=O)NC(Cc1ccc(OCc2ccccc2)cc1)C(=O)Nc1ccc(OC(C)C)c(Cl)c1. The summed E-state index contributed by atoms with van der Waals surface area (Å²) in [5.41, 5.74) is 2.45. The topological polar surface area (TPSA) is 88.7 Å². The number of anilines is 1. The molecule has 3 amide bonds. The molecule has 0 radical (unpaired) electrons. The summed E-state index contributed by atoms with van der Waals surface area (Å²) in [6.45, 7) is 4.28. The molecule has 35 heavy (non-hydrogen) atoms. The third-order valence-electron chi connectivity index (χ3n) is 5.02. The van der Waals surface area contributed by atoms with Gasteiger partial charge in [-0.15, -0.1) is 0 Å². The van der Waals surface area contributed by atoms with Gasteiger partial charge >= 0.3 is 6.03 Å². The van der Waals surface area contributed by atoms with E-state index >= 15 is 0 Å². The molecule has 3 rings (SSSR count). The van der Waals surface area contributed by atoms with Gasteiger partial charge < -0.3 is 25.4 Å². The third kappa shape index (κ3) is 8.22. The molecule has 0 saturated heterocycles. The zero-order valence-electron chi connectivity index (χ0n) is 20.0. The molecular formula is C27H30ClN3O4. The largest absolute Gasteiger partial charge is 0.489 e. The summed E-state index contributed by atoms with van der Waals surface area (Å²) in [6, 6.07) is 21.1. The van der Waals surface area contributed by atoms with Crippen LogP contribution in [-0.4, -0.2) is 31.1 Å². The Morgan fingerprint density at radius 2 is 1.66 bits per heavy atom. The van der Waals surface area contributed by atoms with Gasteiger partial charge in [0.15, 0.2) is 0 Å². The van der Waals surface area contributed by atoms with Crippen LogP contribution < -0.4 is 25.4 Å². The Morgan fingerprint density at radius 1 is 0.943 bits per heavy atom. The number of carbonyl (C=O) groups is 2. The van der Waals surface area contributed by atoms with Crippen molar-refractivity contribution in [1.82, 2.24) is 10.6 Å². The van der Waals surface area contributed by atoms with Crippen molar-refractivity contribution in [1.29, 1.82) is 0 Å². The van der Waals surface area contributed by atoms with Crippen LogP contribution in [0, 0.1) is 0 Å². The summed E-state index contributed by atoms with van der Waals surface area (Å²) < 4.78 is 11.5. The summed E-state index contributed by atoms with van der Waals surface area (Å²) in [7, 11) is 1.50. The van der Waals surface area contributed by atoms with E-state index in [0.717, 1.165) is 16.9 Å². The van der Waals surface area contributed by atoms with Crippen molar-refractivity contribution in [3.8, 4) is 11.5 Å². The third-order valence-corrected chi connectivity index (χ3v) is 5.32. The molecule has 3 aromatic rings. The number of carbonyl (C=O) groups excluding carboxylic acids is 2. The van der Waals surface area contributed by atoms with Crippen molar-refractivity contribution in [2.24, 2.45) is 0 Å². The molecule has 184 valence electrons. The van der Waals surface area contributed by atoms with E-state index in [0.29, 0.717) is 29.5 Å². The molecule has 1 unspecified atom stereocenters. The molecule has 0 saturated carbocycles. The Labute approximate surface area is 210 Å². The molecule has 3 N–H and O–H groups in total. The van der Waals surface area contributed by atoms with Gasteiger partial charge in [-0.25, -0.2) is 4.79 Å². The van der Waals surface area contributed by atoms with E-state index in [9.17, 15) is 9.59 Å². The fourth-order valence-electron chi connectivity index (χ4n) is 3.30. The van der Waals surface area contributed by atoms with Crippen LogP contribution in [0.1, 0.15) is 25.0 Å². The fraction of sp³-hybridized carbons (Fsp3) is 0.259. The number of hydrogen-bond donors (Lipinski definition) is 3. The van der Waals surface area contributed by atoms with Crippen molar-refractivity contribution >= 4 is 29.2 Å². The van der Waals surface area contributed by atoms with E-state index in [1.54, 1.807) is 18.2 Å². The van der Waals surface area contributed by atoms with E-state index in [4.69, 9.17) is 21.1 Å². The first-order valence-corrected chi connectivity index (χ1v) is 11.7. The minimum atomic E-state index is -0.809. The molecule has 0 heterocycles. The molecule has 0 bridgehead atoms. The minimum Gasteiger partial charge on any atom is -0.489 e. The van der Waals surface area contributed by atoms with Crippen molar-refractivity contribution < 1.29 is 19.1 Å². The molecule has 8 heteroatoms. The van der Waals surface area contributed by atoms with Gasteiger partial charge in [0.1, 0.15) is 24.1 Å². The lowest BCUT2D eigenvalue weighted by Crippen LogP contribution is -2.48. The Morgan fingerprint density at radius 3 is 2.29 bits per heavy atom. The predicted molar refractivity (Wildman–Crippen MR) is 138 cm³/mol. The first-order valence-electron chi connectivity index (χ1n) is 11.3. The average molecular weight is 496 g/mol. The van der Waals surface area contributed by atoms with Gasteiger partial charge in [0.25, 0.3) is 0 Å². The quantitative estimate of drug-likeness (QED) is 0.361. The van der Waals surface area contributed by atoms with E-state index in [-0.39, 0.29) is 12.0 Å². The van der Waals surface area contributed by atoms with E-state index < -0.39 is 12.1 Å². The standard InChI is InChI=1S/C27H30ClN3O4/c1-18(2)35-25-14-11-21(16-23(25)28)30-26(32)24(31-27(33)29-3)15-19-9-12-22(13-10-19)34-17-20-7-5-4-6-8-20/h4-14,16,18,24H,15,17H2,1-3H3,(H,30,32)(H2,29,31,33). The van der Waals surface area contributed by atoms with Crippen LogP contribution in [0.4, 0.5) is 10.5 Å². The van der Waals surface area contributed by atoms with E-state index in [2.05, 4.69) is 16.0 Å². The monoisotopic (exact) mass is 495 g/mol. The molecule has 0 aromatic heterocycles. The number of rotatable bonds is 10. The van der Waals surface area contributed by atoms with Crippen molar-refractivity contribution in [3.05, 3.63) is 88.9 Å². The molecule has 3 aromatic carbocycles. The van der Waals surface area contributed by atoms with Crippen LogP contribution in [0.2, 0.25) is 5.02 Å². The van der Waals surface area contributed by atoms with Gasteiger partial charge in [-0.2, -0.15) is 0 Å². The Hall–Kier alpha value is -3.71. The smallest absolute Gasteiger partial charge is 0.315 e. The number of urea groups is 1. The normalized spacial score (nSPS) is 11.5. The maximum Gasteiger partial charge on any atom is 0.315 e. The van der Waals surface area contributed by atoms with Crippen LogP contribution >= 0.6 is 11.6 Å². The lowest BCUT2D eigenvalue weighted by Gasteiger charge is -2.19. The Kier molecular flexibility index (Phi) is 9.38. The molecule has 0 aliphatic heterocycles. The fourth-order valence-corrected chi connectivity index (χ4v) is 3.52. The lowest BCUT2D eigenvalue weighted by atomic mass is 10.0. The predicted octanol–water partition coefficient (Wildman–Crippen LogP) is 5.19. The second kappa shape index (κ2) is 12.7. The van der Waals surface area contributed by atoms with Crippen LogP contribution in [0.25, 0.3) is 0 Å². The highest BCUT2D eigenvalue weighted by atomic mass is 35.5. The summed E-state index contributed by atoms with van der Waals surface area (Å²) in [5, 5.41) is 8.39. The molecule has 0 aliphatic rings. The molecular weight excluding hydrogens is 466 g/mol. The maximum atomic E-state index is 13.0. The first-order chi connectivity index (χ1) is 16.8. The molecule has 0 spiro atoms. The molecule has 0 aliphatic carbocycles. The van der Waals surface area contributed by atoms with Crippen molar-refractivity contribution in [3.63, 3.8) is 0 Å². The van der Waals surface area contributed by atoms with Crippen LogP contribution in [0.3, 0.4) is 0 Å². The van der Waals surface area contributed by atoms with Crippen molar-refractivity contribution in [2.75, 3.05) is 12.4 Å². The van der Waals surface area contributed by atoms with Crippen LogP contribution in [-0.2, 0) is 17.8 Å². The molecule has 1 atom stereocenters. The van der Waals surface area contributed by atoms with Gasteiger partial charge in [-0.1, -0.05) is 54.1 Å². The van der Waals surface area contributed by atoms with Gasteiger partial charge in [0, 0.05) is 19.2 Å². The number of amides is 3. The first kappa shape index (κ1) is 25.9. The average Bonchev–Trinajstić information content (AvgIpc) is 2.85. The maximum absolute atomic E-state index is 13.0. The Balaban J connectivity index is 1.65. The summed E-state index contributed by atoms with van der Waals surface area (Å²) >= 11 is 6.28. The summed E-state index contributed by atoms with van der Waals surface area (Å²) in [4.78, 5) is 25.0. The summed E-state index contributed by atoms with van der Waals surface area (Å²) in [6.07, 6.45) is 0.268.